The molecule has 1 aromatic heterocycles. The van der Waals surface area contributed by atoms with E-state index in [-0.39, 0.29) is 17.9 Å². The number of carbonyl (C=O) groups excluding carboxylic acids is 1. The Labute approximate surface area is 145 Å². The summed E-state index contributed by atoms with van der Waals surface area (Å²) in [5.74, 6) is -0.166. The van der Waals surface area contributed by atoms with Crippen LogP contribution in [0.25, 0.3) is 0 Å². The highest BCUT2D eigenvalue weighted by Crippen LogP contribution is 2.24. The van der Waals surface area contributed by atoms with Crippen molar-refractivity contribution >= 4 is 17.2 Å². The van der Waals surface area contributed by atoms with Gasteiger partial charge in [-0.05, 0) is 24.8 Å². The topological polar surface area (TPSA) is 88.2 Å². The van der Waals surface area contributed by atoms with Crippen molar-refractivity contribution in [1.82, 2.24) is 10.3 Å². The molecule has 128 valence electrons. The van der Waals surface area contributed by atoms with Crippen LogP contribution in [0.4, 0.5) is 0 Å². The summed E-state index contributed by atoms with van der Waals surface area (Å²) in [6.07, 6.45) is 2.11. The molecule has 0 spiro atoms. The van der Waals surface area contributed by atoms with Gasteiger partial charge in [-0.2, -0.15) is 0 Å². The predicted molar refractivity (Wildman–Crippen MR) is 94.5 cm³/mol. The number of benzene rings is 1. The summed E-state index contributed by atoms with van der Waals surface area (Å²) in [5, 5.41) is 15.8. The number of carbonyl (C=O) groups is 1. The van der Waals surface area contributed by atoms with Crippen molar-refractivity contribution in [2.75, 3.05) is 0 Å². The van der Waals surface area contributed by atoms with Gasteiger partial charge in [0.25, 0.3) is 0 Å². The maximum atomic E-state index is 12.2. The summed E-state index contributed by atoms with van der Waals surface area (Å²) < 4.78 is 0. The molecule has 1 aliphatic carbocycles. The van der Waals surface area contributed by atoms with Crippen LogP contribution in [0.2, 0.25) is 0 Å². The highest BCUT2D eigenvalue weighted by atomic mass is 32.1. The van der Waals surface area contributed by atoms with Crippen molar-refractivity contribution in [2.24, 2.45) is 11.7 Å². The Morgan fingerprint density at radius 1 is 1.33 bits per heavy atom. The van der Waals surface area contributed by atoms with E-state index in [1.165, 1.54) is 5.56 Å². The number of hydrogen-bond acceptors (Lipinski definition) is 5. The molecule has 0 radical (unpaired) electrons. The lowest BCUT2D eigenvalue weighted by Crippen LogP contribution is -2.44. The average Bonchev–Trinajstić information content (AvgIpc) is 3.03. The van der Waals surface area contributed by atoms with Crippen LogP contribution in [0.5, 0.6) is 0 Å². The van der Waals surface area contributed by atoms with E-state index in [4.69, 9.17) is 5.73 Å². The lowest BCUT2D eigenvalue weighted by atomic mass is 9.84. The molecule has 0 unspecified atom stereocenters. The molecule has 1 heterocycles. The minimum atomic E-state index is -0.578. The molecule has 5 nitrogen and oxygen atoms in total. The number of nitrogens with zero attached hydrogens (tertiary/aromatic N) is 1. The second-order valence-corrected chi connectivity index (χ2v) is 7.30. The number of amides is 1. The van der Waals surface area contributed by atoms with Crippen LogP contribution in [0.3, 0.4) is 0 Å². The second-order valence-electron chi connectivity index (χ2n) is 6.35. The molecule has 1 aromatic carbocycles. The largest absolute Gasteiger partial charge is 0.391 e. The first-order valence-electron chi connectivity index (χ1n) is 8.30. The highest BCUT2D eigenvalue weighted by molar-refractivity contribution is 7.09. The molecule has 24 heavy (non-hydrogen) atoms. The Morgan fingerprint density at radius 2 is 2.12 bits per heavy atom. The third kappa shape index (κ3) is 4.41. The number of thiazole rings is 1. The van der Waals surface area contributed by atoms with Crippen LogP contribution in [-0.2, 0) is 17.8 Å². The van der Waals surface area contributed by atoms with Crippen molar-refractivity contribution in [1.29, 1.82) is 0 Å². The van der Waals surface area contributed by atoms with Crippen LogP contribution in [0.1, 0.15) is 35.5 Å². The van der Waals surface area contributed by atoms with Gasteiger partial charge in [0.05, 0.1) is 23.4 Å². The minimum absolute atomic E-state index is 0.0152. The van der Waals surface area contributed by atoms with Crippen molar-refractivity contribution in [3.63, 3.8) is 0 Å². The first kappa shape index (κ1) is 17.1. The van der Waals surface area contributed by atoms with Crippen molar-refractivity contribution < 1.29 is 9.90 Å². The molecule has 1 aliphatic rings. The zero-order valence-corrected chi connectivity index (χ0v) is 14.3. The number of nitrogens with two attached hydrogens (primary N) is 1. The average molecular weight is 345 g/mol. The van der Waals surface area contributed by atoms with Gasteiger partial charge in [0.2, 0.25) is 5.91 Å². The van der Waals surface area contributed by atoms with Crippen molar-refractivity contribution in [3.8, 4) is 0 Å². The molecule has 0 aliphatic heterocycles. The summed E-state index contributed by atoms with van der Waals surface area (Å²) in [5.41, 5.74) is 7.89. The third-order valence-electron chi connectivity index (χ3n) is 4.48. The molecule has 1 fully saturated rings. The van der Waals surface area contributed by atoms with Gasteiger partial charge < -0.3 is 16.2 Å². The molecular formula is C18H23N3O2S. The van der Waals surface area contributed by atoms with E-state index in [1.54, 1.807) is 11.3 Å². The van der Waals surface area contributed by atoms with E-state index < -0.39 is 6.10 Å². The van der Waals surface area contributed by atoms with E-state index in [1.807, 2.05) is 23.6 Å². The van der Waals surface area contributed by atoms with Crippen LogP contribution in [0, 0.1) is 5.92 Å². The number of nitrogens with one attached hydrogen (secondary N) is 1. The molecule has 1 saturated carbocycles. The van der Waals surface area contributed by atoms with E-state index in [0.29, 0.717) is 19.4 Å². The molecule has 1 amide bonds. The van der Waals surface area contributed by atoms with Crippen molar-refractivity contribution in [3.05, 3.63) is 52.0 Å². The second kappa shape index (κ2) is 7.88. The zero-order chi connectivity index (χ0) is 16.9. The normalized spacial score (nSPS) is 23.8. The van der Waals surface area contributed by atoms with Crippen molar-refractivity contribution in [2.45, 2.75) is 44.4 Å². The monoisotopic (exact) mass is 345 g/mol. The molecule has 6 heteroatoms. The van der Waals surface area contributed by atoms with Gasteiger partial charge in [-0.25, -0.2) is 4.98 Å². The maximum Gasteiger partial charge on any atom is 0.223 e. The van der Waals surface area contributed by atoms with Gasteiger partial charge in [-0.1, -0.05) is 30.3 Å². The molecule has 2 aromatic rings. The molecular weight excluding hydrogens is 322 g/mol. The SMILES string of the molecule is N[C@@H]1CC[C@H](C(=O)NCc2csc(Cc3ccccc3)n2)C[C@H]1O. The number of hydrogen-bond donors (Lipinski definition) is 3. The third-order valence-corrected chi connectivity index (χ3v) is 5.38. The van der Waals surface area contributed by atoms with Gasteiger partial charge in [-0.15, -0.1) is 11.3 Å². The fourth-order valence-corrected chi connectivity index (χ4v) is 3.84. The molecule has 4 N–H and O–H groups in total. The Kier molecular flexibility index (Phi) is 5.60. The number of rotatable bonds is 5. The van der Waals surface area contributed by atoms with Crippen LogP contribution in [-0.4, -0.2) is 28.1 Å². The summed E-state index contributed by atoms with van der Waals surface area (Å²) in [4.78, 5) is 16.8. The Balaban J connectivity index is 1.49. The number of aliphatic hydroxyl groups is 1. The van der Waals surface area contributed by atoms with Gasteiger partial charge in [0.1, 0.15) is 0 Å². The van der Waals surface area contributed by atoms with E-state index in [0.717, 1.165) is 23.5 Å². The quantitative estimate of drug-likeness (QED) is 0.771. The Bertz CT molecular complexity index is 674. The molecule has 0 bridgehead atoms. The van der Waals surface area contributed by atoms with E-state index in [2.05, 4.69) is 22.4 Å². The maximum absolute atomic E-state index is 12.2. The van der Waals surface area contributed by atoms with Crippen LogP contribution in [0.15, 0.2) is 35.7 Å². The summed E-state index contributed by atoms with van der Waals surface area (Å²) >= 11 is 1.61. The minimum Gasteiger partial charge on any atom is -0.391 e. The van der Waals surface area contributed by atoms with E-state index >= 15 is 0 Å². The van der Waals surface area contributed by atoms with Gasteiger partial charge in [0.15, 0.2) is 0 Å². The zero-order valence-electron chi connectivity index (χ0n) is 13.5. The van der Waals surface area contributed by atoms with Crippen LogP contribution < -0.4 is 11.1 Å². The summed E-state index contributed by atoms with van der Waals surface area (Å²) in [6, 6.07) is 10.0. The number of aromatic nitrogens is 1. The fourth-order valence-electron chi connectivity index (χ4n) is 3.01. The smallest absolute Gasteiger partial charge is 0.223 e. The molecule has 3 atom stereocenters. The summed E-state index contributed by atoms with van der Waals surface area (Å²) in [6.45, 7) is 0.433. The lowest BCUT2D eigenvalue weighted by molar-refractivity contribution is -0.127. The van der Waals surface area contributed by atoms with Gasteiger partial charge >= 0.3 is 0 Å². The molecule has 3 rings (SSSR count). The fraction of sp³-hybridized carbons (Fsp3) is 0.444. The van der Waals surface area contributed by atoms with E-state index in [9.17, 15) is 9.90 Å². The predicted octanol–water partition coefficient (Wildman–Crippen LogP) is 1.84. The van der Waals surface area contributed by atoms with Gasteiger partial charge in [-0.3, -0.25) is 4.79 Å². The molecule has 0 saturated heterocycles. The first-order chi connectivity index (χ1) is 11.6. The van der Waals surface area contributed by atoms with Crippen LogP contribution >= 0.6 is 11.3 Å². The number of aliphatic hydroxyl groups excluding tert-OH is 1. The Morgan fingerprint density at radius 3 is 2.88 bits per heavy atom. The first-order valence-corrected chi connectivity index (χ1v) is 9.18. The summed E-state index contributed by atoms with van der Waals surface area (Å²) in [7, 11) is 0. The Hall–Kier alpha value is -1.76. The standard InChI is InChI=1S/C18H23N3O2S/c19-15-7-6-13(9-16(15)22)18(23)20-10-14-11-24-17(21-14)8-12-4-2-1-3-5-12/h1-5,11,13,15-16,22H,6-10,19H2,(H,20,23)/t13-,15+,16+/m0/s1. The van der Waals surface area contributed by atoms with Gasteiger partial charge in [0, 0.05) is 23.8 Å². The lowest BCUT2D eigenvalue weighted by Gasteiger charge is -2.29. The highest BCUT2D eigenvalue weighted by Gasteiger charge is 2.30.